The first-order chi connectivity index (χ1) is 12.6. The maximum absolute atomic E-state index is 12.6. The molecule has 3 aromatic rings. The number of methoxy groups -OCH3 is 1. The number of aromatic nitrogens is 4. The number of ether oxygens (including phenoxy) is 1. The monoisotopic (exact) mass is 353 g/mol. The lowest BCUT2D eigenvalue weighted by atomic mass is 10.1. The number of rotatable bonds is 7. The van der Waals surface area contributed by atoms with Crippen LogP contribution in [0.5, 0.6) is 5.75 Å². The fourth-order valence-corrected chi connectivity index (χ4v) is 2.77. The molecule has 7 nitrogen and oxygen atoms in total. The van der Waals surface area contributed by atoms with Gasteiger partial charge in [0.2, 0.25) is 0 Å². The number of aromatic amines is 1. The van der Waals surface area contributed by atoms with Crippen molar-refractivity contribution < 1.29 is 9.53 Å². The fourth-order valence-electron chi connectivity index (χ4n) is 2.77. The number of hydrogen-bond donors (Lipinski definition) is 1. The van der Waals surface area contributed by atoms with E-state index >= 15 is 0 Å². The third-order valence-corrected chi connectivity index (χ3v) is 4.26. The van der Waals surface area contributed by atoms with Crippen molar-refractivity contribution in [3.8, 4) is 17.0 Å². The van der Waals surface area contributed by atoms with E-state index in [-0.39, 0.29) is 5.91 Å². The van der Waals surface area contributed by atoms with Gasteiger partial charge in [-0.3, -0.25) is 14.6 Å². The van der Waals surface area contributed by atoms with Crippen molar-refractivity contribution in [2.24, 2.45) is 7.05 Å². The highest BCUT2D eigenvalue weighted by Crippen LogP contribution is 2.21. The summed E-state index contributed by atoms with van der Waals surface area (Å²) >= 11 is 0. The molecule has 2 heterocycles. The second kappa shape index (κ2) is 7.86. The van der Waals surface area contributed by atoms with Crippen LogP contribution in [0, 0.1) is 0 Å². The maximum Gasteiger partial charge on any atom is 0.271 e. The lowest BCUT2D eigenvalue weighted by Crippen LogP contribution is -2.28. The molecule has 7 heteroatoms. The van der Waals surface area contributed by atoms with Crippen LogP contribution in [-0.4, -0.2) is 51.5 Å². The van der Waals surface area contributed by atoms with Crippen molar-refractivity contribution in [3.63, 3.8) is 0 Å². The number of aryl methyl sites for hydroxylation is 2. The molecule has 1 amide bonds. The standard InChI is InChI=1S/C19H23N5O2/c1-23(10-4-5-14-12-20-24(2)13-14)19(25)18-11-17(21-22-18)15-6-8-16(26-3)9-7-15/h6-9,11-13H,4-5,10H2,1-3H3,(H,21,22). The molecule has 0 bridgehead atoms. The molecule has 0 saturated carbocycles. The summed E-state index contributed by atoms with van der Waals surface area (Å²) in [6, 6.07) is 9.36. The van der Waals surface area contributed by atoms with Crippen molar-refractivity contribution in [1.82, 2.24) is 24.9 Å². The number of nitrogens with zero attached hydrogens (tertiary/aromatic N) is 4. The lowest BCUT2D eigenvalue weighted by molar-refractivity contribution is 0.0788. The molecule has 0 aliphatic carbocycles. The summed E-state index contributed by atoms with van der Waals surface area (Å²) in [7, 11) is 5.34. The topological polar surface area (TPSA) is 76.0 Å². The zero-order chi connectivity index (χ0) is 18.5. The average molecular weight is 353 g/mol. The molecule has 1 aromatic carbocycles. The maximum atomic E-state index is 12.6. The van der Waals surface area contributed by atoms with Gasteiger partial charge in [-0.1, -0.05) is 0 Å². The summed E-state index contributed by atoms with van der Waals surface area (Å²) in [5.41, 5.74) is 3.33. The largest absolute Gasteiger partial charge is 0.497 e. The van der Waals surface area contributed by atoms with Crippen molar-refractivity contribution in [2.75, 3.05) is 20.7 Å². The molecule has 3 rings (SSSR count). The summed E-state index contributed by atoms with van der Waals surface area (Å²) < 4.78 is 6.94. The summed E-state index contributed by atoms with van der Waals surface area (Å²) in [5, 5.41) is 11.2. The van der Waals surface area contributed by atoms with Crippen LogP contribution < -0.4 is 4.74 Å². The van der Waals surface area contributed by atoms with Gasteiger partial charge in [0.25, 0.3) is 5.91 Å². The molecule has 0 aliphatic rings. The predicted octanol–water partition coefficient (Wildman–Crippen LogP) is 2.52. The number of H-pyrrole nitrogens is 1. The number of carbonyl (C=O) groups excluding carboxylic acids is 1. The highest BCUT2D eigenvalue weighted by atomic mass is 16.5. The second-order valence-electron chi connectivity index (χ2n) is 6.25. The van der Waals surface area contributed by atoms with Gasteiger partial charge in [-0.25, -0.2) is 0 Å². The predicted molar refractivity (Wildman–Crippen MR) is 99.1 cm³/mol. The molecule has 0 atom stereocenters. The highest BCUT2D eigenvalue weighted by Gasteiger charge is 2.15. The molecule has 0 spiro atoms. The molecule has 26 heavy (non-hydrogen) atoms. The Kier molecular flexibility index (Phi) is 5.36. The minimum Gasteiger partial charge on any atom is -0.497 e. The Labute approximate surface area is 152 Å². The quantitative estimate of drug-likeness (QED) is 0.708. The number of amides is 1. The molecule has 0 aliphatic heterocycles. The van der Waals surface area contributed by atoms with E-state index in [1.807, 2.05) is 43.7 Å². The summed E-state index contributed by atoms with van der Waals surface area (Å²) in [4.78, 5) is 14.3. The Balaban J connectivity index is 1.57. The minimum atomic E-state index is -0.0663. The molecule has 136 valence electrons. The van der Waals surface area contributed by atoms with Crippen LogP contribution in [-0.2, 0) is 13.5 Å². The van der Waals surface area contributed by atoms with E-state index in [0.717, 1.165) is 29.8 Å². The van der Waals surface area contributed by atoms with Crippen LogP contribution in [0.15, 0.2) is 42.7 Å². The zero-order valence-electron chi connectivity index (χ0n) is 15.3. The van der Waals surface area contributed by atoms with Crippen LogP contribution in [0.4, 0.5) is 0 Å². The van der Waals surface area contributed by atoms with E-state index in [0.29, 0.717) is 12.2 Å². The Morgan fingerprint density at radius 3 is 2.73 bits per heavy atom. The fraction of sp³-hybridized carbons (Fsp3) is 0.316. The first-order valence-electron chi connectivity index (χ1n) is 8.49. The van der Waals surface area contributed by atoms with Crippen LogP contribution >= 0.6 is 0 Å². The third kappa shape index (κ3) is 4.11. The summed E-state index contributed by atoms with van der Waals surface area (Å²) in [5.74, 6) is 0.720. The molecule has 2 aromatic heterocycles. The normalized spacial score (nSPS) is 10.7. The van der Waals surface area contributed by atoms with Gasteiger partial charge in [0.05, 0.1) is 19.0 Å². The Hall–Kier alpha value is -3.09. The van der Waals surface area contributed by atoms with Gasteiger partial charge >= 0.3 is 0 Å². The Morgan fingerprint density at radius 1 is 1.31 bits per heavy atom. The van der Waals surface area contributed by atoms with Crippen LogP contribution in [0.2, 0.25) is 0 Å². The third-order valence-electron chi connectivity index (χ3n) is 4.26. The zero-order valence-corrected chi connectivity index (χ0v) is 15.3. The Bertz CT molecular complexity index is 866. The SMILES string of the molecule is COc1ccc(-c2cc(C(=O)N(C)CCCc3cnn(C)c3)[nH]n2)cc1. The van der Waals surface area contributed by atoms with E-state index in [1.54, 1.807) is 29.8 Å². The van der Waals surface area contributed by atoms with Gasteiger partial charge in [-0.2, -0.15) is 10.2 Å². The van der Waals surface area contributed by atoms with Crippen molar-refractivity contribution in [1.29, 1.82) is 0 Å². The molecule has 0 saturated heterocycles. The van der Waals surface area contributed by atoms with Crippen molar-refractivity contribution >= 4 is 5.91 Å². The summed E-state index contributed by atoms with van der Waals surface area (Å²) in [6.45, 7) is 0.671. The van der Waals surface area contributed by atoms with E-state index in [9.17, 15) is 4.79 Å². The van der Waals surface area contributed by atoms with E-state index in [2.05, 4.69) is 15.3 Å². The molecule has 0 unspecified atom stereocenters. The van der Waals surface area contributed by atoms with Gasteiger partial charge in [-0.05, 0) is 48.7 Å². The van der Waals surface area contributed by atoms with E-state index < -0.39 is 0 Å². The smallest absolute Gasteiger partial charge is 0.271 e. The number of nitrogens with one attached hydrogen (secondary N) is 1. The number of carbonyl (C=O) groups is 1. The van der Waals surface area contributed by atoms with Crippen LogP contribution in [0.25, 0.3) is 11.3 Å². The molecular weight excluding hydrogens is 330 g/mol. The van der Waals surface area contributed by atoms with Crippen molar-refractivity contribution in [3.05, 3.63) is 54.0 Å². The second-order valence-corrected chi connectivity index (χ2v) is 6.25. The first kappa shape index (κ1) is 17.7. The van der Waals surface area contributed by atoms with Crippen LogP contribution in [0.3, 0.4) is 0 Å². The highest BCUT2D eigenvalue weighted by molar-refractivity contribution is 5.93. The summed E-state index contributed by atoms with van der Waals surface area (Å²) in [6.07, 6.45) is 5.63. The van der Waals surface area contributed by atoms with Gasteiger partial charge in [-0.15, -0.1) is 0 Å². The average Bonchev–Trinajstić information content (AvgIpc) is 3.30. The van der Waals surface area contributed by atoms with Gasteiger partial charge in [0.1, 0.15) is 11.4 Å². The van der Waals surface area contributed by atoms with E-state index in [1.165, 1.54) is 5.56 Å². The van der Waals surface area contributed by atoms with Gasteiger partial charge in [0.15, 0.2) is 0 Å². The Morgan fingerprint density at radius 2 is 2.08 bits per heavy atom. The molecule has 0 fully saturated rings. The number of benzene rings is 1. The van der Waals surface area contributed by atoms with Crippen LogP contribution in [0.1, 0.15) is 22.5 Å². The first-order valence-corrected chi connectivity index (χ1v) is 8.49. The van der Waals surface area contributed by atoms with Gasteiger partial charge in [0, 0.05) is 32.4 Å². The molecule has 1 N–H and O–H groups in total. The molecule has 0 radical (unpaired) electrons. The van der Waals surface area contributed by atoms with Crippen molar-refractivity contribution in [2.45, 2.75) is 12.8 Å². The van der Waals surface area contributed by atoms with E-state index in [4.69, 9.17) is 4.74 Å². The van der Waals surface area contributed by atoms with Gasteiger partial charge < -0.3 is 9.64 Å². The number of hydrogen-bond acceptors (Lipinski definition) is 4. The minimum absolute atomic E-state index is 0.0663. The lowest BCUT2D eigenvalue weighted by Gasteiger charge is -2.15. The molecular formula is C19H23N5O2.